The summed E-state index contributed by atoms with van der Waals surface area (Å²) in [6.45, 7) is 5.46. The third-order valence-corrected chi connectivity index (χ3v) is 4.06. The molecule has 0 saturated heterocycles. The summed E-state index contributed by atoms with van der Waals surface area (Å²) in [6, 6.07) is 5.61. The molecule has 2 rings (SSSR count). The van der Waals surface area contributed by atoms with Crippen LogP contribution in [0.2, 0.25) is 0 Å². The molecule has 1 aromatic carbocycles. The highest BCUT2D eigenvalue weighted by Crippen LogP contribution is 2.20. The lowest BCUT2D eigenvalue weighted by Gasteiger charge is -2.06. The molecule has 0 aliphatic carbocycles. The Bertz CT molecular complexity index is 742. The standard InChI is InChI=1S/C14H15N3O3S/c1-7-4-5-10(6-8(7)2)11-12(18)15-14(17-16-11)21-9(3)13(19)20/h4-6,9H,1-3H3,(H,19,20)(H,15,17,18). The normalized spacial score (nSPS) is 12.1. The number of aromatic amines is 1. The predicted octanol–water partition coefficient (Wildman–Crippen LogP) is 2.01. The number of H-pyrrole nitrogens is 1. The van der Waals surface area contributed by atoms with Crippen LogP contribution in [0.5, 0.6) is 0 Å². The van der Waals surface area contributed by atoms with Gasteiger partial charge in [-0.15, -0.1) is 10.2 Å². The van der Waals surface area contributed by atoms with Crippen molar-refractivity contribution in [3.8, 4) is 11.3 Å². The highest BCUT2D eigenvalue weighted by atomic mass is 32.2. The van der Waals surface area contributed by atoms with Gasteiger partial charge in [0, 0.05) is 5.56 Å². The molecule has 0 spiro atoms. The van der Waals surface area contributed by atoms with E-state index in [1.165, 1.54) is 6.92 Å². The number of aromatic nitrogens is 3. The van der Waals surface area contributed by atoms with Crippen LogP contribution >= 0.6 is 11.8 Å². The molecule has 0 radical (unpaired) electrons. The van der Waals surface area contributed by atoms with Gasteiger partial charge in [0.15, 0.2) is 10.9 Å². The van der Waals surface area contributed by atoms with Crippen LogP contribution in [-0.4, -0.2) is 31.5 Å². The third kappa shape index (κ3) is 3.49. The van der Waals surface area contributed by atoms with E-state index in [4.69, 9.17) is 5.11 Å². The molecule has 21 heavy (non-hydrogen) atoms. The average Bonchev–Trinajstić information content (AvgIpc) is 2.42. The summed E-state index contributed by atoms with van der Waals surface area (Å²) in [5, 5.41) is 16.1. The Balaban J connectivity index is 2.33. The Kier molecular flexibility index (Phi) is 4.42. The lowest BCUT2D eigenvalue weighted by atomic mass is 10.0. The summed E-state index contributed by atoms with van der Waals surface area (Å²) in [4.78, 5) is 25.4. The molecule has 0 aliphatic heterocycles. The van der Waals surface area contributed by atoms with Gasteiger partial charge in [-0.25, -0.2) is 0 Å². The van der Waals surface area contributed by atoms with Crippen molar-refractivity contribution in [3.63, 3.8) is 0 Å². The van der Waals surface area contributed by atoms with Gasteiger partial charge in [-0.2, -0.15) is 0 Å². The average molecular weight is 305 g/mol. The first-order valence-corrected chi connectivity index (χ1v) is 7.20. The van der Waals surface area contributed by atoms with Gasteiger partial charge in [0.05, 0.1) is 0 Å². The fourth-order valence-electron chi connectivity index (χ4n) is 1.67. The molecule has 0 fully saturated rings. The molecule has 0 saturated carbocycles. The van der Waals surface area contributed by atoms with E-state index in [-0.39, 0.29) is 16.4 Å². The SMILES string of the molecule is Cc1ccc(-c2nnc(SC(C)C(=O)O)[nH]c2=O)cc1C. The highest BCUT2D eigenvalue weighted by Gasteiger charge is 2.15. The van der Waals surface area contributed by atoms with Crippen LogP contribution in [0.1, 0.15) is 18.1 Å². The highest BCUT2D eigenvalue weighted by molar-refractivity contribution is 8.00. The van der Waals surface area contributed by atoms with Crippen molar-refractivity contribution in [2.24, 2.45) is 0 Å². The molecule has 6 nitrogen and oxygen atoms in total. The molecule has 1 heterocycles. The topological polar surface area (TPSA) is 95.9 Å². The maximum absolute atomic E-state index is 12.1. The predicted molar refractivity (Wildman–Crippen MR) is 80.5 cm³/mol. The van der Waals surface area contributed by atoms with Gasteiger partial charge in [0.25, 0.3) is 5.56 Å². The molecule has 2 aromatic rings. The van der Waals surface area contributed by atoms with Gasteiger partial charge in [0.1, 0.15) is 5.25 Å². The second-order valence-corrected chi connectivity index (χ2v) is 6.03. The van der Waals surface area contributed by atoms with Crippen molar-refractivity contribution in [2.75, 3.05) is 0 Å². The maximum Gasteiger partial charge on any atom is 0.316 e. The lowest BCUT2D eigenvalue weighted by molar-refractivity contribution is -0.136. The number of rotatable bonds is 4. The van der Waals surface area contributed by atoms with E-state index in [2.05, 4.69) is 15.2 Å². The van der Waals surface area contributed by atoms with Crippen molar-refractivity contribution in [1.29, 1.82) is 0 Å². The van der Waals surface area contributed by atoms with Crippen molar-refractivity contribution in [1.82, 2.24) is 15.2 Å². The minimum atomic E-state index is -0.971. The number of benzene rings is 1. The van der Waals surface area contributed by atoms with E-state index < -0.39 is 11.2 Å². The summed E-state index contributed by atoms with van der Waals surface area (Å²) in [6.07, 6.45) is 0. The number of hydrogen-bond acceptors (Lipinski definition) is 5. The third-order valence-electron chi connectivity index (χ3n) is 3.09. The second kappa shape index (κ2) is 6.09. The van der Waals surface area contributed by atoms with Crippen molar-refractivity contribution < 1.29 is 9.90 Å². The summed E-state index contributed by atoms with van der Waals surface area (Å²) in [7, 11) is 0. The van der Waals surface area contributed by atoms with Crippen molar-refractivity contribution >= 4 is 17.7 Å². The number of aliphatic carboxylic acids is 1. The van der Waals surface area contributed by atoms with Crippen LogP contribution in [0.3, 0.4) is 0 Å². The molecule has 110 valence electrons. The quantitative estimate of drug-likeness (QED) is 0.839. The van der Waals surface area contributed by atoms with Crippen LogP contribution in [0.4, 0.5) is 0 Å². The molecule has 1 atom stereocenters. The first-order valence-electron chi connectivity index (χ1n) is 6.32. The molecule has 0 bridgehead atoms. The first-order chi connectivity index (χ1) is 9.88. The van der Waals surface area contributed by atoms with Crippen molar-refractivity contribution in [3.05, 3.63) is 39.7 Å². The summed E-state index contributed by atoms with van der Waals surface area (Å²) in [5.74, 6) is -0.971. The Hall–Kier alpha value is -2.15. The Morgan fingerprint density at radius 3 is 2.57 bits per heavy atom. The van der Waals surface area contributed by atoms with Gasteiger partial charge in [-0.05, 0) is 38.0 Å². The minimum Gasteiger partial charge on any atom is -0.480 e. The van der Waals surface area contributed by atoms with Crippen LogP contribution in [0, 0.1) is 13.8 Å². The summed E-state index contributed by atoms with van der Waals surface area (Å²) >= 11 is 0.947. The minimum absolute atomic E-state index is 0.197. The zero-order valence-electron chi connectivity index (χ0n) is 11.9. The number of thioether (sulfide) groups is 1. The van der Waals surface area contributed by atoms with Gasteiger partial charge in [-0.3, -0.25) is 14.6 Å². The number of carboxylic acids is 1. The molecular formula is C14H15N3O3S. The fourth-order valence-corrected chi connectivity index (χ4v) is 2.35. The Labute approximate surface area is 125 Å². The first kappa shape index (κ1) is 15.2. The number of nitrogens with zero attached hydrogens (tertiary/aromatic N) is 2. The van der Waals surface area contributed by atoms with E-state index in [0.29, 0.717) is 5.56 Å². The van der Waals surface area contributed by atoms with Crippen LogP contribution in [0.25, 0.3) is 11.3 Å². The van der Waals surface area contributed by atoms with Crippen LogP contribution in [0.15, 0.2) is 28.2 Å². The molecular weight excluding hydrogens is 290 g/mol. The number of carboxylic acid groups (broad SMARTS) is 1. The van der Waals surface area contributed by atoms with E-state index in [9.17, 15) is 9.59 Å². The van der Waals surface area contributed by atoms with Gasteiger partial charge in [-0.1, -0.05) is 23.9 Å². The van der Waals surface area contributed by atoms with E-state index >= 15 is 0 Å². The summed E-state index contributed by atoms with van der Waals surface area (Å²) in [5.41, 5.74) is 2.73. The second-order valence-electron chi connectivity index (χ2n) is 4.71. The Morgan fingerprint density at radius 2 is 2.00 bits per heavy atom. The molecule has 2 N–H and O–H groups in total. The Morgan fingerprint density at radius 1 is 1.29 bits per heavy atom. The summed E-state index contributed by atoms with van der Waals surface area (Å²) < 4.78 is 0. The molecule has 0 aliphatic rings. The van der Waals surface area contributed by atoms with Crippen molar-refractivity contribution in [2.45, 2.75) is 31.2 Å². The van der Waals surface area contributed by atoms with Gasteiger partial charge >= 0.3 is 5.97 Å². The van der Waals surface area contributed by atoms with Crippen LogP contribution < -0.4 is 5.56 Å². The number of aryl methyl sites for hydroxylation is 2. The van der Waals surface area contributed by atoms with Crippen LogP contribution in [-0.2, 0) is 4.79 Å². The largest absolute Gasteiger partial charge is 0.480 e. The van der Waals surface area contributed by atoms with Gasteiger partial charge in [0.2, 0.25) is 0 Å². The number of hydrogen-bond donors (Lipinski definition) is 2. The monoisotopic (exact) mass is 305 g/mol. The fraction of sp³-hybridized carbons (Fsp3) is 0.286. The zero-order valence-corrected chi connectivity index (χ0v) is 12.7. The zero-order chi connectivity index (χ0) is 15.6. The molecule has 1 unspecified atom stereocenters. The molecule has 0 amide bonds. The van der Waals surface area contributed by atoms with E-state index in [1.54, 1.807) is 0 Å². The molecule has 7 heteroatoms. The smallest absolute Gasteiger partial charge is 0.316 e. The number of nitrogens with one attached hydrogen (secondary N) is 1. The maximum atomic E-state index is 12.1. The number of carbonyl (C=O) groups is 1. The lowest BCUT2D eigenvalue weighted by Crippen LogP contribution is -2.17. The van der Waals surface area contributed by atoms with E-state index in [0.717, 1.165) is 22.9 Å². The molecule has 1 aromatic heterocycles. The van der Waals surface area contributed by atoms with E-state index in [1.807, 2.05) is 32.0 Å². The van der Waals surface area contributed by atoms with Gasteiger partial charge < -0.3 is 5.11 Å².